The molecule has 0 fully saturated rings. The quantitative estimate of drug-likeness (QED) is 0.349. The van der Waals surface area contributed by atoms with Gasteiger partial charge < -0.3 is 19.9 Å². The predicted octanol–water partition coefficient (Wildman–Crippen LogP) is 0.998. The molecular weight excluding hydrogens is 292 g/mol. The summed E-state index contributed by atoms with van der Waals surface area (Å²) in [5, 5.41) is 22.4. The predicted molar refractivity (Wildman–Crippen MR) is 76.6 cm³/mol. The first-order chi connectivity index (χ1) is 10.6. The van der Waals surface area contributed by atoms with Crippen molar-refractivity contribution in [2.45, 2.75) is 13.2 Å². The zero-order valence-electron chi connectivity index (χ0n) is 11.9. The third-order valence-corrected chi connectivity index (χ3v) is 3.00. The summed E-state index contributed by atoms with van der Waals surface area (Å²) in [5.41, 5.74) is 0.124. The number of ketones is 1. The highest BCUT2D eigenvalue weighted by Gasteiger charge is 2.33. The van der Waals surface area contributed by atoms with Crippen LogP contribution in [0.3, 0.4) is 0 Å². The molecular formula is C14H16N2O6. The van der Waals surface area contributed by atoms with E-state index in [1.165, 1.54) is 24.4 Å². The van der Waals surface area contributed by atoms with Crippen LogP contribution in [0, 0.1) is 10.1 Å². The Hall–Kier alpha value is -2.45. The average molecular weight is 308 g/mol. The first-order valence-electron chi connectivity index (χ1n) is 6.74. The molecule has 2 rings (SSSR count). The number of nitro groups is 1. The molecule has 0 bridgehead atoms. The summed E-state index contributed by atoms with van der Waals surface area (Å²) in [6.07, 6.45) is 0.512. The molecule has 0 saturated carbocycles. The molecule has 1 atom stereocenters. The Morgan fingerprint density at radius 1 is 1.55 bits per heavy atom. The fraction of sp³-hybridized carbons (Fsp3) is 0.357. The number of aliphatic hydroxyl groups excluding tert-OH is 1. The van der Waals surface area contributed by atoms with Crippen LogP contribution in [0.15, 0.2) is 30.0 Å². The minimum Gasteiger partial charge on any atom is -0.460 e. The largest absolute Gasteiger partial charge is 0.460 e. The van der Waals surface area contributed by atoms with E-state index >= 15 is 0 Å². The Bertz CT molecular complexity index is 613. The van der Waals surface area contributed by atoms with Gasteiger partial charge in [-0.1, -0.05) is 0 Å². The molecule has 0 spiro atoms. The summed E-state index contributed by atoms with van der Waals surface area (Å²) in [6.45, 7) is 2.26. The van der Waals surface area contributed by atoms with Crippen LogP contribution in [0.4, 0.5) is 5.69 Å². The van der Waals surface area contributed by atoms with Gasteiger partial charge in [0, 0.05) is 31.5 Å². The van der Waals surface area contributed by atoms with Gasteiger partial charge >= 0.3 is 0 Å². The van der Waals surface area contributed by atoms with Crippen molar-refractivity contribution >= 4 is 11.5 Å². The SMILES string of the molecule is CCOC1Oc2ccc([N+](=O)[O-])cc2C(=O)/C1=C\NCCO. The van der Waals surface area contributed by atoms with Gasteiger partial charge in [0.05, 0.1) is 22.7 Å². The van der Waals surface area contributed by atoms with Gasteiger partial charge in [-0.25, -0.2) is 0 Å². The van der Waals surface area contributed by atoms with Crippen molar-refractivity contribution in [1.82, 2.24) is 5.32 Å². The van der Waals surface area contributed by atoms with Gasteiger partial charge in [0.25, 0.3) is 5.69 Å². The van der Waals surface area contributed by atoms with Crippen LogP contribution in [0.5, 0.6) is 5.75 Å². The van der Waals surface area contributed by atoms with Crippen molar-refractivity contribution in [1.29, 1.82) is 0 Å². The second kappa shape index (κ2) is 7.01. The van der Waals surface area contributed by atoms with E-state index in [4.69, 9.17) is 14.6 Å². The summed E-state index contributed by atoms with van der Waals surface area (Å²) in [4.78, 5) is 22.8. The van der Waals surface area contributed by atoms with E-state index < -0.39 is 17.0 Å². The maximum absolute atomic E-state index is 12.5. The van der Waals surface area contributed by atoms with Crippen LogP contribution in [0.25, 0.3) is 0 Å². The molecule has 1 unspecified atom stereocenters. The Labute approximate surface area is 126 Å². The molecule has 0 aliphatic carbocycles. The third kappa shape index (κ3) is 3.23. The van der Waals surface area contributed by atoms with E-state index in [0.717, 1.165) is 0 Å². The molecule has 8 heteroatoms. The van der Waals surface area contributed by atoms with E-state index in [0.29, 0.717) is 6.61 Å². The number of nitrogens with one attached hydrogen (secondary N) is 1. The maximum atomic E-state index is 12.5. The lowest BCUT2D eigenvalue weighted by molar-refractivity contribution is -0.384. The number of rotatable bonds is 6. The van der Waals surface area contributed by atoms with Crippen LogP contribution in [0.1, 0.15) is 17.3 Å². The van der Waals surface area contributed by atoms with Gasteiger partial charge in [-0.15, -0.1) is 0 Å². The lowest BCUT2D eigenvalue weighted by Gasteiger charge is -2.27. The van der Waals surface area contributed by atoms with E-state index in [1.807, 2.05) is 0 Å². The molecule has 0 aromatic heterocycles. The number of non-ortho nitro benzene ring substituents is 1. The number of nitro benzene ring substituents is 1. The van der Waals surface area contributed by atoms with Crippen LogP contribution < -0.4 is 10.1 Å². The minimum absolute atomic E-state index is 0.0970. The zero-order valence-corrected chi connectivity index (χ0v) is 11.9. The van der Waals surface area contributed by atoms with Gasteiger partial charge in [-0.05, 0) is 13.0 Å². The van der Waals surface area contributed by atoms with E-state index in [-0.39, 0.29) is 35.7 Å². The first kappa shape index (κ1) is 15.9. The lowest BCUT2D eigenvalue weighted by Crippen LogP contribution is -2.34. The lowest BCUT2D eigenvalue weighted by atomic mass is 9.99. The highest BCUT2D eigenvalue weighted by atomic mass is 16.7. The number of fused-ring (bicyclic) bond motifs is 1. The number of benzene rings is 1. The Balaban J connectivity index is 2.38. The smallest absolute Gasteiger partial charge is 0.270 e. The molecule has 0 radical (unpaired) electrons. The molecule has 1 aromatic carbocycles. The topological polar surface area (TPSA) is 111 Å². The maximum Gasteiger partial charge on any atom is 0.270 e. The van der Waals surface area contributed by atoms with Crippen molar-refractivity contribution in [2.75, 3.05) is 19.8 Å². The van der Waals surface area contributed by atoms with Crippen molar-refractivity contribution < 1.29 is 24.3 Å². The summed E-state index contributed by atoms with van der Waals surface area (Å²) in [5.74, 6) is -0.165. The van der Waals surface area contributed by atoms with Crippen LogP contribution in [0.2, 0.25) is 0 Å². The average Bonchev–Trinajstić information content (AvgIpc) is 2.50. The van der Waals surface area contributed by atoms with Crippen molar-refractivity contribution in [3.63, 3.8) is 0 Å². The number of aliphatic hydroxyl groups is 1. The molecule has 0 saturated heterocycles. The normalized spacial score (nSPS) is 18.7. The summed E-state index contributed by atoms with van der Waals surface area (Å²) >= 11 is 0. The Kier molecular flexibility index (Phi) is 5.08. The third-order valence-electron chi connectivity index (χ3n) is 3.00. The molecule has 22 heavy (non-hydrogen) atoms. The van der Waals surface area contributed by atoms with E-state index in [2.05, 4.69) is 5.32 Å². The summed E-state index contributed by atoms with van der Waals surface area (Å²) in [7, 11) is 0. The highest BCUT2D eigenvalue weighted by Crippen LogP contribution is 2.33. The highest BCUT2D eigenvalue weighted by molar-refractivity contribution is 6.12. The number of hydrogen-bond donors (Lipinski definition) is 2. The molecule has 2 N–H and O–H groups in total. The molecule has 0 amide bonds. The molecule has 1 aliphatic rings. The van der Waals surface area contributed by atoms with Crippen molar-refractivity contribution in [3.8, 4) is 5.75 Å². The number of carbonyl (C=O) groups is 1. The van der Waals surface area contributed by atoms with E-state index in [9.17, 15) is 14.9 Å². The monoisotopic (exact) mass is 308 g/mol. The summed E-state index contributed by atoms with van der Waals surface area (Å²) < 4.78 is 11.0. The molecule has 1 heterocycles. The second-order valence-corrected chi connectivity index (χ2v) is 4.45. The van der Waals surface area contributed by atoms with Crippen LogP contribution >= 0.6 is 0 Å². The number of carbonyl (C=O) groups excluding carboxylic acids is 1. The van der Waals surface area contributed by atoms with Gasteiger partial charge in [-0.2, -0.15) is 0 Å². The Morgan fingerprint density at radius 2 is 2.32 bits per heavy atom. The Morgan fingerprint density at radius 3 is 2.95 bits per heavy atom. The first-order valence-corrected chi connectivity index (χ1v) is 6.74. The minimum atomic E-state index is -0.891. The van der Waals surface area contributed by atoms with Crippen molar-refractivity contribution in [2.24, 2.45) is 0 Å². The fourth-order valence-electron chi connectivity index (χ4n) is 2.01. The van der Waals surface area contributed by atoms with Gasteiger partial charge in [0.15, 0.2) is 0 Å². The van der Waals surface area contributed by atoms with Crippen LogP contribution in [-0.2, 0) is 4.74 Å². The number of Topliss-reactive ketones (excluding diaryl/α,β-unsaturated/α-hetero) is 1. The van der Waals surface area contributed by atoms with E-state index in [1.54, 1.807) is 6.92 Å². The van der Waals surface area contributed by atoms with Gasteiger partial charge in [-0.3, -0.25) is 14.9 Å². The van der Waals surface area contributed by atoms with Crippen molar-refractivity contribution in [3.05, 3.63) is 45.6 Å². The van der Waals surface area contributed by atoms with Gasteiger partial charge in [0.2, 0.25) is 12.1 Å². The number of ether oxygens (including phenoxy) is 2. The summed E-state index contributed by atoms with van der Waals surface area (Å²) in [6, 6.07) is 3.84. The standard InChI is InChI=1S/C14H16N2O6/c1-2-21-14-11(8-15-5-6-17)13(18)10-7-9(16(19)20)3-4-12(10)22-14/h3-4,7-8,14-15,17H,2,5-6H2,1H3/b11-8+. The fourth-order valence-corrected chi connectivity index (χ4v) is 2.01. The van der Waals surface area contributed by atoms with Crippen LogP contribution in [-0.4, -0.2) is 41.9 Å². The molecule has 118 valence electrons. The number of nitrogens with zero attached hydrogens (tertiary/aromatic N) is 1. The molecule has 1 aromatic rings. The zero-order chi connectivity index (χ0) is 16.1. The molecule has 8 nitrogen and oxygen atoms in total. The van der Waals surface area contributed by atoms with Gasteiger partial charge in [0.1, 0.15) is 5.75 Å². The number of hydrogen-bond acceptors (Lipinski definition) is 7. The second-order valence-electron chi connectivity index (χ2n) is 4.45. The molecule has 1 aliphatic heterocycles.